The summed E-state index contributed by atoms with van der Waals surface area (Å²) in [6.07, 6.45) is 3.73. The largest absolute Gasteiger partial charge is 0.339 e. The minimum absolute atomic E-state index is 0.231. The summed E-state index contributed by atoms with van der Waals surface area (Å²) in [7, 11) is 0. The Morgan fingerprint density at radius 2 is 1.72 bits per heavy atom. The smallest absolute Gasteiger partial charge is 0.222 e. The van der Waals surface area contributed by atoms with Crippen LogP contribution in [-0.2, 0) is 11.2 Å². The maximum atomic E-state index is 13.1. The van der Waals surface area contributed by atoms with Crippen LogP contribution in [0.4, 0.5) is 0 Å². The lowest BCUT2D eigenvalue weighted by molar-refractivity contribution is -0.132. The molecule has 1 heterocycles. The molecule has 3 heteroatoms. The van der Waals surface area contributed by atoms with Crippen LogP contribution < -0.4 is 0 Å². The van der Waals surface area contributed by atoms with Gasteiger partial charge in [-0.2, -0.15) is 0 Å². The van der Waals surface area contributed by atoms with Gasteiger partial charge in [-0.3, -0.25) is 4.79 Å². The van der Waals surface area contributed by atoms with E-state index in [1.807, 2.05) is 11.8 Å². The van der Waals surface area contributed by atoms with E-state index in [9.17, 15) is 4.79 Å². The summed E-state index contributed by atoms with van der Waals surface area (Å²) in [5.41, 5.74) is 2.86. The number of hydrogen-bond donors (Lipinski definition) is 0. The number of rotatable bonds is 6. The van der Waals surface area contributed by atoms with Gasteiger partial charge >= 0.3 is 0 Å². The number of hydrogen-bond acceptors (Lipinski definition) is 2. The van der Waals surface area contributed by atoms with Crippen LogP contribution in [0.1, 0.15) is 51.2 Å². The molecular formula is C26H35NOS. The monoisotopic (exact) mass is 409 g/mol. The minimum atomic E-state index is 0.231. The van der Waals surface area contributed by atoms with E-state index < -0.39 is 0 Å². The van der Waals surface area contributed by atoms with E-state index in [0.29, 0.717) is 18.2 Å². The second-order valence-corrected chi connectivity index (χ2v) is 10.5. The highest BCUT2D eigenvalue weighted by Crippen LogP contribution is 2.35. The number of carbonyl (C=O) groups excluding carboxylic acids is 1. The molecule has 2 nitrogen and oxygen atoms in total. The molecule has 1 amide bonds. The zero-order chi connectivity index (χ0) is 20.9. The first-order valence-electron chi connectivity index (χ1n) is 10.9. The maximum Gasteiger partial charge on any atom is 0.222 e. The summed E-state index contributed by atoms with van der Waals surface area (Å²) in [5, 5.41) is 0. The van der Waals surface area contributed by atoms with E-state index >= 15 is 0 Å². The van der Waals surface area contributed by atoms with Crippen molar-refractivity contribution in [1.82, 2.24) is 4.90 Å². The van der Waals surface area contributed by atoms with Gasteiger partial charge in [0.25, 0.3) is 0 Å². The van der Waals surface area contributed by atoms with Gasteiger partial charge in [0.1, 0.15) is 0 Å². The molecule has 0 aliphatic carbocycles. The fourth-order valence-corrected chi connectivity index (χ4v) is 5.24. The van der Waals surface area contributed by atoms with Crippen LogP contribution >= 0.6 is 11.8 Å². The van der Waals surface area contributed by atoms with E-state index in [2.05, 4.69) is 87.2 Å². The zero-order valence-corrected chi connectivity index (χ0v) is 19.2. The highest BCUT2D eigenvalue weighted by molar-refractivity contribution is 7.99. The second-order valence-electron chi connectivity index (χ2n) is 9.45. The number of nitrogens with zero attached hydrogens (tertiary/aromatic N) is 1. The summed E-state index contributed by atoms with van der Waals surface area (Å²) in [4.78, 5) is 16.6. The molecule has 0 spiro atoms. The van der Waals surface area contributed by atoms with Crippen molar-refractivity contribution >= 4 is 17.7 Å². The first kappa shape index (κ1) is 22.0. The van der Waals surface area contributed by atoms with Gasteiger partial charge in [0.05, 0.1) is 0 Å². The van der Waals surface area contributed by atoms with E-state index in [0.717, 1.165) is 31.6 Å². The lowest BCUT2D eigenvalue weighted by Crippen LogP contribution is -2.43. The van der Waals surface area contributed by atoms with Crippen molar-refractivity contribution in [2.45, 2.75) is 64.3 Å². The Morgan fingerprint density at radius 1 is 1.03 bits per heavy atom. The summed E-state index contributed by atoms with van der Waals surface area (Å²) < 4.78 is 0. The maximum absolute atomic E-state index is 13.1. The van der Waals surface area contributed by atoms with Crippen molar-refractivity contribution in [1.29, 1.82) is 0 Å². The molecule has 156 valence electrons. The molecule has 0 unspecified atom stereocenters. The Labute approximate surface area is 181 Å². The summed E-state index contributed by atoms with van der Waals surface area (Å²) in [6.45, 7) is 9.94. The number of amides is 1. The first-order valence-corrected chi connectivity index (χ1v) is 11.8. The fourth-order valence-electron chi connectivity index (χ4n) is 4.23. The van der Waals surface area contributed by atoms with Gasteiger partial charge in [-0.25, -0.2) is 0 Å². The normalized spacial score (nSPS) is 19.1. The van der Waals surface area contributed by atoms with Crippen LogP contribution in [0, 0.1) is 18.3 Å². The standard InChI is InChI=1S/C26H35NOS/c1-20-10-13-24(14-11-20)29-19-23(18-21-8-6-5-7-9-21)27-17-16-22(26(2,3)4)12-15-25(27)28/h5-11,13-14,22-23H,12,15-19H2,1-4H3/t22-,23-/m0/s1. The van der Waals surface area contributed by atoms with Crippen molar-refractivity contribution in [3.63, 3.8) is 0 Å². The zero-order valence-electron chi connectivity index (χ0n) is 18.4. The first-order chi connectivity index (χ1) is 13.8. The van der Waals surface area contributed by atoms with Crippen molar-refractivity contribution in [3.05, 3.63) is 65.7 Å². The van der Waals surface area contributed by atoms with Gasteiger partial charge < -0.3 is 4.90 Å². The number of benzene rings is 2. The third-order valence-corrected chi connectivity index (χ3v) is 7.35. The van der Waals surface area contributed by atoms with Crippen LogP contribution in [-0.4, -0.2) is 29.1 Å². The Hall–Kier alpha value is -1.74. The van der Waals surface area contributed by atoms with Crippen LogP contribution in [0.15, 0.2) is 59.5 Å². The fraction of sp³-hybridized carbons (Fsp3) is 0.500. The van der Waals surface area contributed by atoms with Gasteiger partial charge in [-0.15, -0.1) is 11.8 Å². The summed E-state index contributed by atoms with van der Waals surface area (Å²) in [5.74, 6) is 1.88. The molecule has 3 rings (SSSR count). The van der Waals surface area contributed by atoms with Gasteiger partial charge in [0.15, 0.2) is 0 Å². The molecule has 0 bridgehead atoms. The predicted octanol–water partition coefficient (Wildman–Crippen LogP) is 6.37. The van der Waals surface area contributed by atoms with Crippen LogP contribution in [0.3, 0.4) is 0 Å². The molecule has 2 aromatic carbocycles. The van der Waals surface area contributed by atoms with Crippen LogP contribution in [0.25, 0.3) is 0 Å². The van der Waals surface area contributed by atoms with Gasteiger partial charge in [0, 0.05) is 29.7 Å². The molecule has 2 aromatic rings. The molecular weight excluding hydrogens is 374 g/mol. The Bertz CT molecular complexity index is 779. The van der Waals surface area contributed by atoms with Crippen molar-refractivity contribution < 1.29 is 4.79 Å². The molecule has 1 aliphatic rings. The second kappa shape index (κ2) is 9.84. The number of aryl methyl sites for hydroxylation is 1. The van der Waals surface area contributed by atoms with E-state index in [1.54, 1.807) is 0 Å². The predicted molar refractivity (Wildman–Crippen MR) is 124 cm³/mol. The lowest BCUT2D eigenvalue weighted by atomic mass is 9.77. The molecule has 0 aromatic heterocycles. The third kappa shape index (κ3) is 6.37. The molecule has 1 aliphatic heterocycles. The van der Waals surface area contributed by atoms with E-state index in [-0.39, 0.29) is 11.5 Å². The Kier molecular flexibility index (Phi) is 7.45. The van der Waals surface area contributed by atoms with Gasteiger partial charge in [-0.1, -0.05) is 68.8 Å². The molecule has 1 fully saturated rings. The Morgan fingerprint density at radius 3 is 2.38 bits per heavy atom. The Balaban J connectivity index is 1.75. The SMILES string of the molecule is Cc1ccc(SC[C@H](Cc2ccccc2)N2CC[C@@H](C(C)(C)C)CCC2=O)cc1. The van der Waals surface area contributed by atoms with Crippen molar-refractivity contribution in [2.75, 3.05) is 12.3 Å². The topological polar surface area (TPSA) is 20.3 Å². The van der Waals surface area contributed by atoms with E-state index in [4.69, 9.17) is 0 Å². The van der Waals surface area contributed by atoms with Crippen molar-refractivity contribution in [2.24, 2.45) is 11.3 Å². The highest BCUT2D eigenvalue weighted by atomic mass is 32.2. The van der Waals surface area contributed by atoms with Crippen LogP contribution in [0.5, 0.6) is 0 Å². The number of thioether (sulfide) groups is 1. The summed E-state index contributed by atoms with van der Waals surface area (Å²) >= 11 is 1.87. The van der Waals surface area contributed by atoms with E-state index in [1.165, 1.54) is 16.0 Å². The van der Waals surface area contributed by atoms with Gasteiger partial charge in [0.2, 0.25) is 5.91 Å². The molecule has 0 radical (unpaired) electrons. The quantitative estimate of drug-likeness (QED) is 0.516. The molecule has 0 saturated carbocycles. The highest BCUT2D eigenvalue weighted by Gasteiger charge is 2.32. The summed E-state index contributed by atoms with van der Waals surface area (Å²) in [6, 6.07) is 19.6. The minimum Gasteiger partial charge on any atom is -0.339 e. The molecule has 2 atom stereocenters. The molecule has 1 saturated heterocycles. The number of carbonyl (C=O) groups is 1. The molecule has 0 N–H and O–H groups in total. The lowest BCUT2D eigenvalue weighted by Gasteiger charge is -2.32. The molecule has 29 heavy (non-hydrogen) atoms. The number of likely N-dealkylation sites (tertiary alicyclic amines) is 1. The average Bonchev–Trinajstić information content (AvgIpc) is 2.89. The van der Waals surface area contributed by atoms with Crippen LogP contribution in [0.2, 0.25) is 0 Å². The van der Waals surface area contributed by atoms with Gasteiger partial charge in [-0.05, 0) is 55.2 Å². The average molecular weight is 410 g/mol. The third-order valence-electron chi connectivity index (χ3n) is 6.19. The van der Waals surface area contributed by atoms with Crippen molar-refractivity contribution in [3.8, 4) is 0 Å².